The molecule has 2 aromatic carbocycles. The van der Waals surface area contributed by atoms with E-state index in [2.05, 4.69) is 0 Å². The summed E-state index contributed by atoms with van der Waals surface area (Å²) in [5.74, 6) is -3.44. The summed E-state index contributed by atoms with van der Waals surface area (Å²) in [6, 6.07) is 12.3. The molecular weight excluding hydrogens is 380 g/mol. The molecule has 29 heavy (non-hydrogen) atoms. The first-order chi connectivity index (χ1) is 13.8. The summed E-state index contributed by atoms with van der Waals surface area (Å²) < 4.78 is 0. The molecule has 2 aromatic rings. The number of rotatable bonds is 6. The first kappa shape index (κ1) is 19.7. The van der Waals surface area contributed by atoms with Gasteiger partial charge in [-0.1, -0.05) is 30.3 Å². The van der Waals surface area contributed by atoms with Gasteiger partial charge in [-0.05, 0) is 17.7 Å². The van der Waals surface area contributed by atoms with Crippen LogP contribution in [0.3, 0.4) is 0 Å². The molecule has 3 rings (SSSR count). The third kappa shape index (κ3) is 3.84. The fourth-order valence-corrected chi connectivity index (χ4v) is 3.20. The Morgan fingerprint density at radius 2 is 1.66 bits per heavy atom. The van der Waals surface area contributed by atoms with E-state index >= 15 is 0 Å². The SMILES string of the molecule is O=C(O)CCN1C(=O)C(=O)/C(=C(\O)c2ccccc2)C1c1ccc([N+](=O)[O-])cc1. The molecule has 0 aliphatic carbocycles. The molecule has 9 heteroatoms. The van der Waals surface area contributed by atoms with Crippen molar-refractivity contribution in [1.29, 1.82) is 0 Å². The maximum absolute atomic E-state index is 12.7. The Balaban J connectivity index is 2.14. The highest BCUT2D eigenvalue weighted by atomic mass is 16.6. The van der Waals surface area contributed by atoms with E-state index in [9.17, 15) is 29.6 Å². The molecule has 1 amide bonds. The number of hydrogen-bond acceptors (Lipinski definition) is 6. The average molecular weight is 396 g/mol. The fraction of sp³-hybridized carbons (Fsp3) is 0.150. The molecule has 2 N–H and O–H groups in total. The molecule has 1 aliphatic rings. The largest absolute Gasteiger partial charge is 0.507 e. The zero-order chi connectivity index (χ0) is 21.1. The summed E-state index contributed by atoms with van der Waals surface area (Å²) in [5.41, 5.74) is 0.285. The van der Waals surface area contributed by atoms with E-state index < -0.39 is 40.8 Å². The zero-order valence-electron chi connectivity index (χ0n) is 15.0. The van der Waals surface area contributed by atoms with Crippen LogP contribution < -0.4 is 0 Å². The van der Waals surface area contributed by atoms with Crippen LogP contribution in [0.1, 0.15) is 23.6 Å². The van der Waals surface area contributed by atoms with E-state index in [4.69, 9.17) is 5.11 Å². The van der Waals surface area contributed by atoms with Crippen LogP contribution in [0.25, 0.3) is 5.76 Å². The number of likely N-dealkylation sites (tertiary alicyclic amines) is 1. The molecule has 1 fully saturated rings. The number of carboxylic acids is 1. The number of ketones is 1. The normalized spacial score (nSPS) is 18.1. The van der Waals surface area contributed by atoms with Crippen molar-refractivity contribution in [2.24, 2.45) is 0 Å². The van der Waals surface area contributed by atoms with Gasteiger partial charge in [0.1, 0.15) is 5.76 Å². The van der Waals surface area contributed by atoms with E-state index in [1.807, 2.05) is 0 Å². The number of hydrogen-bond donors (Lipinski definition) is 2. The Kier molecular flexibility index (Phi) is 5.40. The molecule has 1 aliphatic heterocycles. The predicted octanol–water partition coefficient (Wildman–Crippen LogP) is 2.49. The van der Waals surface area contributed by atoms with Crippen molar-refractivity contribution in [3.05, 3.63) is 81.4 Å². The number of nitrogens with zero attached hydrogens (tertiary/aromatic N) is 2. The number of carbonyl (C=O) groups excluding carboxylic acids is 2. The summed E-state index contributed by atoms with van der Waals surface area (Å²) in [6.45, 7) is -0.257. The van der Waals surface area contributed by atoms with Gasteiger partial charge in [-0.25, -0.2) is 0 Å². The molecule has 0 bridgehead atoms. The van der Waals surface area contributed by atoms with Gasteiger partial charge in [0.25, 0.3) is 17.4 Å². The quantitative estimate of drug-likeness (QED) is 0.251. The minimum absolute atomic E-state index is 0.181. The topological polar surface area (TPSA) is 138 Å². The summed E-state index contributed by atoms with van der Waals surface area (Å²) in [4.78, 5) is 47.6. The van der Waals surface area contributed by atoms with Crippen LogP contribution in [0.15, 0.2) is 60.2 Å². The molecule has 0 spiro atoms. The van der Waals surface area contributed by atoms with Gasteiger partial charge >= 0.3 is 5.97 Å². The fourth-order valence-electron chi connectivity index (χ4n) is 3.20. The number of carboxylic acid groups (broad SMARTS) is 1. The van der Waals surface area contributed by atoms with Crippen molar-refractivity contribution < 1.29 is 29.5 Å². The molecule has 9 nitrogen and oxygen atoms in total. The van der Waals surface area contributed by atoms with E-state index in [0.717, 1.165) is 4.90 Å². The number of aliphatic hydroxyl groups excluding tert-OH is 1. The van der Waals surface area contributed by atoms with Crippen LogP contribution in [0.2, 0.25) is 0 Å². The number of aliphatic hydroxyl groups is 1. The van der Waals surface area contributed by atoms with Crippen molar-refractivity contribution in [3.63, 3.8) is 0 Å². The standard InChI is InChI=1S/C20H16N2O7/c23-15(24)10-11-21-17(12-6-8-14(9-7-12)22(28)29)16(19(26)20(21)27)18(25)13-4-2-1-3-5-13/h1-9,17,25H,10-11H2,(H,23,24)/b18-16-. The second-order valence-corrected chi connectivity index (χ2v) is 6.35. The molecule has 1 saturated heterocycles. The summed E-state index contributed by atoms with van der Waals surface area (Å²) in [7, 11) is 0. The number of Topliss-reactive ketones (excluding diaryl/α,β-unsaturated/α-hetero) is 1. The van der Waals surface area contributed by atoms with Gasteiger partial charge in [-0.15, -0.1) is 0 Å². The number of amides is 1. The Morgan fingerprint density at radius 1 is 1.03 bits per heavy atom. The lowest BCUT2D eigenvalue weighted by Crippen LogP contribution is -2.31. The van der Waals surface area contributed by atoms with E-state index in [0.29, 0.717) is 11.1 Å². The van der Waals surface area contributed by atoms with E-state index in [1.165, 1.54) is 24.3 Å². The third-order valence-electron chi connectivity index (χ3n) is 4.57. The minimum atomic E-state index is -1.16. The Bertz CT molecular complexity index is 1010. The highest BCUT2D eigenvalue weighted by Crippen LogP contribution is 2.39. The van der Waals surface area contributed by atoms with Crippen molar-refractivity contribution in [1.82, 2.24) is 4.90 Å². The van der Waals surface area contributed by atoms with Gasteiger partial charge < -0.3 is 15.1 Å². The predicted molar refractivity (Wildman–Crippen MR) is 101 cm³/mol. The number of aliphatic carboxylic acids is 1. The molecule has 0 radical (unpaired) electrons. The second-order valence-electron chi connectivity index (χ2n) is 6.35. The smallest absolute Gasteiger partial charge is 0.305 e. The van der Waals surface area contributed by atoms with Gasteiger partial charge in [-0.2, -0.15) is 0 Å². The Morgan fingerprint density at radius 3 is 2.21 bits per heavy atom. The van der Waals surface area contributed by atoms with Crippen LogP contribution in [-0.4, -0.2) is 44.2 Å². The van der Waals surface area contributed by atoms with Gasteiger partial charge in [0.2, 0.25) is 0 Å². The van der Waals surface area contributed by atoms with Crippen molar-refractivity contribution >= 4 is 29.1 Å². The zero-order valence-corrected chi connectivity index (χ0v) is 15.0. The lowest BCUT2D eigenvalue weighted by atomic mass is 9.95. The van der Waals surface area contributed by atoms with Crippen LogP contribution in [0.5, 0.6) is 0 Å². The highest BCUT2D eigenvalue weighted by Gasteiger charge is 2.46. The maximum atomic E-state index is 12.7. The molecule has 1 heterocycles. The second kappa shape index (κ2) is 7.93. The molecule has 148 valence electrons. The van der Waals surface area contributed by atoms with E-state index in [1.54, 1.807) is 30.3 Å². The Labute approximate surface area is 164 Å². The van der Waals surface area contributed by atoms with Crippen molar-refractivity contribution in [2.75, 3.05) is 6.54 Å². The lowest BCUT2D eigenvalue weighted by Gasteiger charge is -2.24. The van der Waals surface area contributed by atoms with Gasteiger partial charge in [-0.3, -0.25) is 24.5 Å². The number of benzene rings is 2. The number of carbonyl (C=O) groups is 3. The first-order valence-electron chi connectivity index (χ1n) is 8.61. The molecule has 0 aromatic heterocycles. The summed E-state index contributed by atoms with van der Waals surface area (Å²) in [5, 5.41) is 30.6. The molecule has 1 unspecified atom stereocenters. The van der Waals surface area contributed by atoms with Crippen molar-refractivity contribution in [2.45, 2.75) is 12.5 Å². The number of non-ortho nitro benzene ring substituents is 1. The third-order valence-corrected chi connectivity index (χ3v) is 4.57. The van der Waals surface area contributed by atoms with E-state index in [-0.39, 0.29) is 17.8 Å². The monoisotopic (exact) mass is 396 g/mol. The van der Waals surface area contributed by atoms with Gasteiger partial charge in [0.05, 0.1) is 23.0 Å². The van der Waals surface area contributed by atoms with Gasteiger partial charge in [0.15, 0.2) is 0 Å². The first-order valence-corrected chi connectivity index (χ1v) is 8.61. The molecule has 1 atom stereocenters. The highest BCUT2D eigenvalue weighted by molar-refractivity contribution is 6.46. The van der Waals surface area contributed by atoms with Crippen LogP contribution >= 0.6 is 0 Å². The maximum Gasteiger partial charge on any atom is 0.305 e. The van der Waals surface area contributed by atoms with Crippen molar-refractivity contribution in [3.8, 4) is 0 Å². The van der Waals surface area contributed by atoms with Crippen LogP contribution in [0.4, 0.5) is 5.69 Å². The minimum Gasteiger partial charge on any atom is -0.507 e. The Hall–Kier alpha value is -4.01. The summed E-state index contributed by atoms with van der Waals surface area (Å²) in [6.07, 6.45) is -0.401. The summed E-state index contributed by atoms with van der Waals surface area (Å²) >= 11 is 0. The number of nitro groups is 1. The van der Waals surface area contributed by atoms with Gasteiger partial charge in [0, 0.05) is 24.2 Å². The van der Waals surface area contributed by atoms with Crippen LogP contribution in [-0.2, 0) is 14.4 Å². The average Bonchev–Trinajstić information content (AvgIpc) is 2.97. The molecular formula is C20H16N2O7. The lowest BCUT2D eigenvalue weighted by molar-refractivity contribution is -0.384. The molecule has 0 saturated carbocycles. The number of nitro benzene ring substituents is 1. The van der Waals surface area contributed by atoms with Crippen LogP contribution in [0, 0.1) is 10.1 Å².